The summed E-state index contributed by atoms with van der Waals surface area (Å²) in [6.07, 6.45) is 0.326. The summed E-state index contributed by atoms with van der Waals surface area (Å²) in [5.74, 6) is 0.292. The normalized spacial score (nSPS) is 18.3. The third kappa shape index (κ3) is 3.63. The van der Waals surface area contributed by atoms with E-state index in [9.17, 15) is 9.59 Å². The number of nitrogens with one attached hydrogen (secondary N) is 2. The summed E-state index contributed by atoms with van der Waals surface area (Å²) in [4.78, 5) is 22.5. The minimum atomic E-state index is -0.244. The molecule has 1 heterocycles. The van der Waals surface area contributed by atoms with Gasteiger partial charge in [0, 0.05) is 18.0 Å². The Bertz CT molecular complexity index is 447. The van der Waals surface area contributed by atoms with E-state index in [1.165, 1.54) is 0 Å². The summed E-state index contributed by atoms with van der Waals surface area (Å²) in [6.45, 7) is 0.401. The standard InChI is InChI=1S/C12H13ClN2O3/c13-8-1-3-10(4-2-8)18-7-12(17)15-9-5-11(16)14-6-9/h1-4,9H,5-7H2,(H,14,16)(H,15,17). The summed E-state index contributed by atoms with van der Waals surface area (Å²) < 4.78 is 5.28. The maximum absolute atomic E-state index is 11.5. The highest BCUT2D eigenvalue weighted by atomic mass is 35.5. The molecule has 1 atom stereocenters. The fraction of sp³-hybridized carbons (Fsp3) is 0.333. The predicted molar refractivity (Wildman–Crippen MR) is 66.5 cm³/mol. The zero-order chi connectivity index (χ0) is 13.0. The van der Waals surface area contributed by atoms with Crippen LogP contribution >= 0.6 is 11.6 Å². The molecule has 0 saturated carbocycles. The van der Waals surface area contributed by atoms with Gasteiger partial charge in [-0.2, -0.15) is 0 Å². The number of carbonyl (C=O) groups is 2. The molecule has 1 aliphatic rings. The highest BCUT2D eigenvalue weighted by molar-refractivity contribution is 6.30. The first-order valence-corrected chi connectivity index (χ1v) is 5.96. The van der Waals surface area contributed by atoms with Crippen molar-refractivity contribution in [1.29, 1.82) is 0 Å². The molecule has 0 radical (unpaired) electrons. The molecule has 2 N–H and O–H groups in total. The lowest BCUT2D eigenvalue weighted by Gasteiger charge is -2.11. The molecule has 96 valence electrons. The van der Waals surface area contributed by atoms with Crippen molar-refractivity contribution in [3.63, 3.8) is 0 Å². The van der Waals surface area contributed by atoms with Crippen LogP contribution in [0.3, 0.4) is 0 Å². The number of benzene rings is 1. The maximum Gasteiger partial charge on any atom is 0.258 e. The Hall–Kier alpha value is -1.75. The summed E-state index contributed by atoms with van der Waals surface area (Å²) >= 11 is 5.73. The second kappa shape index (κ2) is 5.73. The molecule has 2 rings (SSSR count). The molecular weight excluding hydrogens is 256 g/mol. The van der Waals surface area contributed by atoms with Gasteiger partial charge in [-0.15, -0.1) is 0 Å². The lowest BCUT2D eigenvalue weighted by atomic mass is 10.2. The van der Waals surface area contributed by atoms with E-state index in [0.717, 1.165) is 0 Å². The van der Waals surface area contributed by atoms with Crippen LogP contribution in [0.15, 0.2) is 24.3 Å². The van der Waals surface area contributed by atoms with Gasteiger partial charge in [-0.3, -0.25) is 9.59 Å². The zero-order valence-electron chi connectivity index (χ0n) is 9.61. The highest BCUT2D eigenvalue weighted by Gasteiger charge is 2.22. The topological polar surface area (TPSA) is 67.4 Å². The van der Waals surface area contributed by atoms with Gasteiger partial charge in [0.15, 0.2) is 6.61 Å². The van der Waals surface area contributed by atoms with Crippen LogP contribution in [0.2, 0.25) is 5.02 Å². The lowest BCUT2D eigenvalue weighted by Crippen LogP contribution is -2.39. The fourth-order valence-electron chi connectivity index (χ4n) is 1.66. The fourth-order valence-corrected chi connectivity index (χ4v) is 1.78. The molecule has 1 aromatic carbocycles. The monoisotopic (exact) mass is 268 g/mol. The van der Waals surface area contributed by atoms with Gasteiger partial charge in [0.25, 0.3) is 5.91 Å². The lowest BCUT2D eigenvalue weighted by molar-refractivity contribution is -0.123. The second-order valence-electron chi connectivity index (χ2n) is 4.02. The Balaban J connectivity index is 1.74. The van der Waals surface area contributed by atoms with Gasteiger partial charge in [-0.1, -0.05) is 11.6 Å². The minimum Gasteiger partial charge on any atom is -0.484 e. The third-order valence-corrected chi connectivity index (χ3v) is 2.78. The molecule has 1 fully saturated rings. The van der Waals surface area contributed by atoms with Crippen LogP contribution in [-0.4, -0.2) is 31.0 Å². The minimum absolute atomic E-state index is 0.0427. The number of ether oxygens (including phenoxy) is 1. The van der Waals surface area contributed by atoms with Crippen LogP contribution in [0.1, 0.15) is 6.42 Å². The van der Waals surface area contributed by atoms with E-state index in [1.807, 2.05) is 0 Å². The molecule has 2 amide bonds. The molecule has 1 unspecified atom stereocenters. The van der Waals surface area contributed by atoms with E-state index >= 15 is 0 Å². The van der Waals surface area contributed by atoms with Crippen molar-refractivity contribution in [2.45, 2.75) is 12.5 Å². The van der Waals surface area contributed by atoms with E-state index in [0.29, 0.717) is 23.7 Å². The largest absolute Gasteiger partial charge is 0.484 e. The zero-order valence-corrected chi connectivity index (χ0v) is 10.4. The van der Waals surface area contributed by atoms with Gasteiger partial charge in [0.1, 0.15) is 5.75 Å². The van der Waals surface area contributed by atoms with Crippen molar-refractivity contribution in [2.24, 2.45) is 0 Å². The summed E-state index contributed by atoms with van der Waals surface area (Å²) in [5.41, 5.74) is 0. The SMILES string of the molecule is O=C1CC(NC(=O)COc2ccc(Cl)cc2)CN1. The van der Waals surface area contributed by atoms with E-state index in [4.69, 9.17) is 16.3 Å². The van der Waals surface area contributed by atoms with Gasteiger partial charge in [0.05, 0.1) is 6.04 Å². The number of amides is 2. The molecule has 5 nitrogen and oxygen atoms in total. The number of carbonyl (C=O) groups excluding carboxylic acids is 2. The van der Waals surface area contributed by atoms with Gasteiger partial charge < -0.3 is 15.4 Å². The van der Waals surface area contributed by atoms with E-state index in [2.05, 4.69) is 10.6 Å². The van der Waals surface area contributed by atoms with E-state index in [1.54, 1.807) is 24.3 Å². The molecule has 0 spiro atoms. The van der Waals surface area contributed by atoms with Gasteiger partial charge in [-0.05, 0) is 24.3 Å². The van der Waals surface area contributed by atoms with Crippen LogP contribution in [-0.2, 0) is 9.59 Å². The number of hydrogen-bond donors (Lipinski definition) is 2. The van der Waals surface area contributed by atoms with Gasteiger partial charge >= 0.3 is 0 Å². The van der Waals surface area contributed by atoms with Gasteiger partial charge in [0.2, 0.25) is 5.91 Å². The molecule has 6 heteroatoms. The number of halogens is 1. The Labute approximate surface area is 109 Å². The van der Waals surface area contributed by atoms with Crippen molar-refractivity contribution in [3.8, 4) is 5.75 Å². The summed E-state index contributed by atoms with van der Waals surface area (Å²) in [6, 6.07) is 6.62. The molecule has 1 saturated heterocycles. The van der Waals surface area contributed by atoms with Crippen molar-refractivity contribution in [2.75, 3.05) is 13.2 Å². The van der Waals surface area contributed by atoms with E-state index in [-0.39, 0.29) is 24.5 Å². The first-order chi connectivity index (χ1) is 8.63. The van der Waals surface area contributed by atoms with Crippen molar-refractivity contribution >= 4 is 23.4 Å². The summed E-state index contributed by atoms with van der Waals surface area (Å²) in [5, 5.41) is 5.98. The molecule has 18 heavy (non-hydrogen) atoms. The second-order valence-corrected chi connectivity index (χ2v) is 4.45. The average Bonchev–Trinajstić information content (AvgIpc) is 2.74. The molecule has 1 aliphatic heterocycles. The predicted octanol–water partition coefficient (Wildman–Crippen LogP) is 0.723. The molecule has 0 aliphatic carbocycles. The molecular formula is C12H13ClN2O3. The van der Waals surface area contributed by atoms with Crippen LogP contribution in [0, 0.1) is 0 Å². The molecule has 0 aromatic heterocycles. The number of hydrogen-bond acceptors (Lipinski definition) is 3. The Morgan fingerprint density at radius 2 is 2.17 bits per heavy atom. The summed E-state index contributed by atoms with van der Waals surface area (Å²) in [7, 11) is 0. The van der Waals surface area contributed by atoms with Crippen LogP contribution in [0.25, 0.3) is 0 Å². The van der Waals surface area contributed by atoms with Crippen LogP contribution < -0.4 is 15.4 Å². The smallest absolute Gasteiger partial charge is 0.258 e. The maximum atomic E-state index is 11.5. The number of rotatable bonds is 4. The Kier molecular flexibility index (Phi) is 4.04. The van der Waals surface area contributed by atoms with Crippen molar-refractivity contribution < 1.29 is 14.3 Å². The quantitative estimate of drug-likeness (QED) is 0.846. The third-order valence-electron chi connectivity index (χ3n) is 2.53. The van der Waals surface area contributed by atoms with E-state index < -0.39 is 0 Å². The van der Waals surface area contributed by atoms with Crippen LogP contribution in [0.5, 0.6) is 5.75 Å². The molecule has 0 bridgehead atoms. The first kappa shape index (κ1) is 12.7. The van der Waals surface area contributed by atoms with Gasteiger partial charge in [-0.25, -0.2) is 0 Å². The van der Waals surface area contributed by atoms with Crippen LogP contribution in [0.4, 0.5) is 0 Å². The Morgan fingerprint density at radius 3 is 2.78 bits per heavy atom. The van der Waals surface area contributed by atoms with Crippen molar-refractivity contribution in [1.82, 2.24) is 10.6 Å². The average molecular weight is 269 g/mol. The highest BCUT2D eigenvalue weighted by Crippen LogP contribution is 2.15. The van der Waals surface area contributed by atoms with Crippen molar-refractivity contribution in [3.05, 3.63) is 29.3 Å². The molecule has 1 aromatic rings. The first-order valence-electron chi connectivity index (χ1n) is 5.58. The Morgan fingerprint density at radius 1 is 1.44 bits per heavy atom.